The van der Waals surface area contributed by atoms with E-state index in [4.69, 9.17) is 23.7 Å². The molecule has 0 atom stereocenters. The molecule has 0 spiro atoms. The minimum absolute atomic E-state index is 0.370. The van der Waals surface area contributed by atoms with Crippen molar-refractivity contribution in [3.05, 3.63) is 0 Å². The van der Waals surface area contributed by atoms with Crippen molar-refractivity contribution < 1.29 is 40.5 Å². The Morgan fingerprint density at radius 1 is 0.481 bits per heavy atom. The van der Waals surface area contributed by atoms with Crippen LogP contribution < -0.4 is 0 Å². The molecule has 0 fully saturated rings. The lowest BCUT2D eigenvalue weighted by molar-refractivity contribution is -0.00901. The molecular formula is C14H30O9S4. The van der Waals surface area contributed by atoms with Crippen LogP contribution in [0.5, 0.6) is 0 Å². The minimum atomic E-state index is -3.00. The fourth-order valence-corrected chi connectivity index (χ4v) is 4.67. The van der Waals surface area contributed by atoms with E-state index in [1.807, 2.05) is 0 Å². The lowest BCUT2D eigenvalue weighted by Crippen LogP contribution is -2.14. The Bertz CT molecular complexity index is 489. The van der Waals surface area contributed by atoms with Crippen LogP contribution in [0.2, 0.25) is 0 Å². The summed E-state index contributed by atoms with van der Waals surface area (Å²) in [5.41, 5.74) is 0. The van der Waals surface area contributed by atoms with Gasteiger partial charge in [0.1, 0.15) is 0 Å². The van der Waals surface area contributed by atoms with Crippen molar-refractivity contribution in [2.45, 2.75) is 0 Å². The van der Waals surface area contributed by atoms with Crippen LogP contribution in [-0.4, -0.2) is 107 Å². The molecule has 0 aromatic heterocycles. The largest absolute Gasteiger partial charge is 0.378 e. The van der Waals surface area contributed by atoms with E-state index in [0.29, 0.717) is 77.6 Å². The standard InChI is InChI=1S/C14H30O9S4/c1-26(15,16)24-13-11-22-9-7-20-5-3-19-4-6-21-8-10-23-12-14-25-27(2,17)18/h3-14H2,1-2H3. The molecule has 0 rings (SSSR count). The fourth-order valence-electron chi connectivity index (χ4n) is 1.47. The Hall–Kier alpha value is 0.400. The normalized spacial score (nSPS) is 12.5. The molecule has 0 amide bonds. The molecular weight excluding hydrogens is 440 g/mol. The van der Waals surface area contributed by atoms with Crippen molar-refractivity contribution in [1.29, 1.82) is 0 Å². The van der Waals surface area contributed by atoms with Crippen LogP contribution in [0.4, 0.5) is 0 Å². The van der Waals surface area contributed by atoms with E-state index in [0.717, 1.165) is 21.6 Å². The number of rotatable bonds is 20. The molecule has 9 nitrogen and oxygen atoms in total. The van der Waals surface area contributed by atoms with Gasteiger partial charge in [0, 0.05) is 24.0 Å². The second kappa shape index (κ2) is 17.3. The van der Waals surface area contributed by atoms with Gasteiger partial charge in [-0.15, -0.1) is 0 Å². The zero-order valence-electron chi connectivity index (χ0n) is 15.8. The second-order valence-electron chi connectivity index (χ2n) is 5.11. The van der Waals surface area contributed by atoms with Crippen molar-refractivity contribution in [3.63, 3.8) is 0 Å². The molecule has 0 N–H and O–H groups in total. The molecule has 0 aliphatic heterocycles. The number of ether oxygens (including phenoxy) is 5. The Morgan fingerprint density at radius 2 is 0.704 bits per heavy atom. The van der Waals surface area contributed by atoms with Gasteiger partial charge < -0.3 is 23.7 Å². The topological polar surface area (TPSA) is 114 Å². The van der Waals surface area contributed by atoms with Crippen molar-refractivity contribution in [1.82, 2.24) is 0 Å². The maximum Gasteiger partial charge on any atom is 0.198 e. The Labute approximate surface area is 169 Å². The first-order chi connectivity index (χ1) is 12.7. The molecule has 13 heteroatoms. The highest BCUT2D eigenvalue weighted by molar-refractivity contribution is 8.72. The first kappa shape index (κ1) is 27.4. The van der Waals surface area contributed by atoms with Crippen LogP contribution >= 0.6 is 21.6 Å². The average molecular weight is 471 g/mol. The summed E-state index contributed by atoms with van der Waals surface area (Å²) in [6, 6.07) is 0. The highest BCUT2D eigenvalue weighted by atomic mass is 33.1. The van der Waals surface area contributed by atoms with Gasteiger partial charge in [0.15, 0.2) is 17.7 Å². The molecule has 0 aliphatic carbocycles. The van der Waals surface area contributed by atoms with E-state index in [2.05, 4.69) is 0 Å². The van der Waals surface area contributed by atoms with E-state index in [1.54, 1.807) is 0 Å². The van der Waals surface area contributed by atoms with Gasteiger partial charge in [0.25, 0.3) is 0 Å². The quantitative estimate of drug-likeness (QED) is 0.182. The summed E-state index contributed by atoms with van der Waals surface area (Å²) < 4.78 is 69.9. The second-order valence-corrected chi connectivity index (χ2v) is 14.3. The highest BCUT2D eigenvalue weighted by Gasteiger charge is 2.02. The van der Waals surface area contributed by atoms with Gasteiger partial charge in [-0.3, -0.25) is 0 Å². The summed E-state index contributed by atoms with van der Waals surface area (Å²) in [5.74, 6) is 0.819. The van der Waals surface area contributed by atoms with E-state index >= 15 is 0 Å². The van der Waals surface area contributed by atoms with Crippen molar-refractivity contribution in [3.8, 4) is 0 Å². The first-order valence-electron chi connectivity index (χ1n) is 8.28. The fraction of sp³-hybridized carbons (Fsp3) is 1.00. The number of hydrogen-bond donors (Lipinski definition) is 0. The third kappa shape index (κ3) is 26.4. The van der Waals surface area contributed by atoms with Crippen LogP contribution in [0, 0.1) is 0 Å². The zero-order valence-corrected chi connectivity index (χ0v) is 19.1. The van der Waals surface area contributed by atoms with Gasteiger partial charge in [-0.1, -0.05) is 0 Å². The van der Waals surface area contributed by atoms with Crippen LogP contribution in [0.1, 0.15) is 0 Å². The molecule has 0 aromatic rings. The molecule has 0 saturated carbocycles. The molecule has 27 heavy (non-hydrogen) atoms. The molecule has 0 unspecified atom stereocenters. The molecule has 0 aliphatic rings. The Kier molecular flexibility index (Phi) is 17.5. The minimum Gasteiger partial charge on any atom is -0.378 e. The maximum atomic E-state index is 10.9. The summed E-state index contributed by atoms with van der Waals surface area (Å²) in [6.45, 7) is 4.22. The van der Waals surface area contributed by atoms with E-state index < -0.39 is 17.7 Å². The summed E-state index contributed by atoms with van der Waals surface area (Å²) in [6.07, 6.45) is 2.34. The van der Waals surface area contributed by atoms with Gasteiger partial charge in [0.05, 0.1) is 66.1 Å². The third-order valence-corrected chi connectivity index (χ3v) is 7.63. The van der Waals surface area contributed by atoms with Crippen LogP contribution in [-0.2, 0) is 41.4 Å². The molecule has 0 aromatic carbocycles. The molecule has 0 saturated heterocycles. The maximum absolute atomic E-state index is 10.9. The van der Waals surface area contributed by atoms with E-state index in [9.17, 15) is 16.8 Å². The lowest BCUT2D eigenvalue weighted by Gasteiger charge is -2.07. The summed E-state index contributed by atoms with van der Waals surface area (Å²) in [5, 5.41) is 0. The smallest absolute Gasteiger partial charge is 0.198 e. The Balaban J connectivity index is 3.11. The summed E-state index contributed by atoms with van der Waals surface area (Å²) >= 11 is 0. The van der Waals surface area contributed by atoms with Crippen molar-refractivity contribution >= 4 is 39.3 Å². The van der Waals surface area contributed by atoms with Crippen molar-refractivity contribution in [2.24, 2.45) is 0 Å². The van der Waals surface area contributed by atoms with Crippen LogP contribution in [0.15, 0.2) is 0 Å². The predicted molar refractivity (Wildman–Crippen MR) is 109 cm³/mol. The van der Waals surface area contributed by atoms with E-state index in [1.165, 1.54) is 12.5 Å². The van der Waals surface area contributed by atoms with Gasteiger partial charge in [-0.25, -0.2) is 16.8 Å². The van der Waals surface area contributed by atoms with Crippen LogP contribution in [0.25, 0.3) is 0 Å². The predicted octanol–water partition coefficient (Wildman–Crippen LogP) is 0.455. The highest BCUT2D eigenvalue weighted by Crippen LogP contribution is 2.08. The molecule has 0 bridgehead atoms. The average Bonchev–Trinajstić information content (AvgIpc) is 2.55. The van der Waals surface area contributed by atoms with Gasteiger partial charge in [-0.2, -0.15) is 0 Å². The van der Waals surface area contributed by atoms with E-state index in [-0.39, 0.29) is 0 Å². The molecule has 164 valence electrons. The SMILES string of the molecule is CS(=O)(=O)SCCOCCOCCOCCOCCOCCSS(C)(=O)=O. The first-order valence-corrected chi connectivity index (χ1v) is 15.1. The zero-order chi connectivity index (χ0) is 20.4. The van der Waals surface area contributed by atoms with Gasteiger partial charge >= 0.3 is 0 Å². The lowest BCUT2D eigenvalue weighted by atomic mass is 10.7. The third-order valence-electron chi connectivity index (χ3n) is 2.54. The monoisotopic (exact) mass is 470 g/mol. The molecule has 0 heterocycles. The van der Waals surface area contributed by atoms with Gasteiger partial charge in [-0.05, 0) is 21.6 Å². The van der Waals surface area contributed by atoms with Crippen LogP contribution in [0.3, 0.4) is 0 Å². The van der Waals surface area contributed by atoms with Gasteiger partial charge in [0.2, 0.25) is 0 Å². The molecule has 0 radical (unpaired) electrons. The number of hydrogen-bond acceptors (Lipinski definition) is 11. The summed E-state index contributed by atoms with van der Waals surface area (Å²) in [7, 11) is -4.27. The van der Waals surface area contributed by atoms with Crippen molar-refractivity contribution in [2.75, 3.05) is 90.1 Å². The Morgan fingerprint density at radius 3 is 0.926 bits per heavy atom. The summed E-state index contributed by atoms with van der Waals surface area (Å²) in [4.78, 5) is 0.